The molecule has 1 rings (SSSR count). The second-order valence-electron chi connectivity index (χ2n) is 3.46. The molecule has 2 atom stereocenters. The van der Waals surface area contributed by atoms with Crippen molar-refractivity contribution in [2.75, 3.05) is 6.54 Å². The van der Waals surface area contributed by atoms with Crippen LogP contribution in [0.5, 0.6) is 0 Å². The van der Waals surface area contributed by atoms with E-state index in [4.69, 9.17) is 11.0 Å². The van der Waals surface area contributed by atoms with Crippen LogP contribution in [0.15, 0.2) is 0 Å². The van der Waals surface area contributed by atoms with Gasteiger partial charge in [0.2, 0.25) is 5.91 Å². The highest BCUT2D eigenvalue weighted by atomic mass is 35.5. The lowest BCUT2D eigenvalue weighted by molar-refractivity contribution is -0.133. The zero-order chi connectivity index (χ0) is 10.9. The Labute approximate surface area is 92.4 Å². The lowest BCUT2D eigenvalue weighted by Crippen LogP contribution is -2.44. The van der Waals surface area contributed by atoms with Gasteiger partial charge in [0.25, 0.3) is 5.92 Å². The van der Waals surface area contributed by atoms with Gasteiger partial charge in [-0.3, -0.25) is 4.79 Å². The van der Waals surface area contributed by atoms with E-state index >= 15 is 0 Å². The third-order valence-corrected chi connectivity index (χ3v) is 2.09. The fourth-order valence-corrected chi connectivity index (χ4v) is 1.43. The Morgan fingerprint density at radius 1 is 1.73 bits per heavy atom. The summed E-state index contributed by atoms with van der Waals surface area (Å²) in [5.74, 6) is -3.57. The number of hydrogen-bond donors (Lipinski definition) is 1. The zero-order valence-corrected chi connectivity index (χ0v) is 8.93. The maximum Gasteiger partial charge on any atom is 0.268 e. The molecule has 0 spiro atoms. The maximum atomic E-state index is 12.9. The summed E-state index contributed by atoms with van der Waals surface area (Å²) in [5, 5.41) is 8.58. The maximum absolute atomic E-state index is 12.9. The zero-order valence-electron chi connectivity index (χ0n) is 8.11. The van der Waals surface area contributed by atoms with Crippen molar-refractivity contribution in [2.24, 2.45) is 5.73 Å². The van der Waals surface area contributed by atoms with Crippen molar-refractivity contribution in [1.29, 1.82) is 5.26 Å². The Bertz CT molecular complexity index is 290. The van der Waals surface area contributed by atoms with Crippen LogP contribution in [-0.4, -0.2) is 35.4 Å². The molecule has 86 valence electrons. The monoisotopic (exact) mass is 239 g/mol. The van der Waals surface area contributed by atoms with Crippen molar-refractivity contribution in [3.05, 3.63) is 0 Å². The smallest absolute Gasteiger partial charge is 0.268 e. The fraction of sp³-hybridized carbons (Fsp3) is 0.750. The highest BCUT2D eigenvalue weighted by molar-refractivity contribution is 5.85. The van der Waals surface area contributed by atoms with Gasteiger partial charge in [0.1, 0.15) is 6.04 Å². The average molecular weight is 240 g/mol. The minimum absolute atomic E-state index is 0. The Morgan fingerprint density at radius 3 is 2.67 bits per heavy atom. The predicted octanol–water partition coefficient (Wildman–Crippen LogP) is 0.515. The number of carbonyl (C=O) groups is 1. The van der Waals surface area contributed by atoms with Crippen LogP contribution in [0.4, 0.5) is 8.78 Å². The summed E-state index contributed by atoms with van der Waals surface area (Å²) in [6, 6.07) is -0.225. The van der Waals surface area contributed by atoms with Crippen LogP contribution in [0, 0.1) is 11.3 Å². The number of nitrogens with two attached hydrogens (primary N) is 1. The Morgan fingerprint density at radius 2 is 2.27 bits per heavy atom. The molecule has 0 saturated carbocycles. The van der Waals surface area contributed by atoms with Crippen LogP contribution in [-0.2, 0) is 4.79 Å². The fourth-order valence-electron chi connectivity index (χ4n) is 1.43. The summed E-state index contributed by atoms with van der Waals surface area (Å²) >= 11 is 0. The summed E-state index contributed by atoms with van der Waals surface area (Å²) < 4.78 is 25.7. The number of alkyl halides is 2. The topological polar surface area (TPSA) is 70.1 Å². The molecule has 1 fully saturated rings. The van der Waals surface area contributed by atoms with E-state index in [1.54, 1.807) is 6.07 Å². The molecule has 1 heterocycles. The normalized spacial score (nSPS) is 25.3. The van der Waals surface area contributed by atoms with Crippen LogP contribution in [0.1, 0.15) is 13.3 Å². The quantitative estimate of drug-likeness (QED) is 0.725. The van der Waals surface area contributed by atoms with E-state index in [9.17, 15) is 13.6 Å². The Kier molecular flexibility index (Phi) is 4.43. The summed E-state index contributed by atoms with van der Waals surface area (Å²) in [6.45, 7) is 0.707. The molecule has 0 aliphatic carbocycles. The van der Waals surface area contributed by atoms with Crippen LogP contribution >= 0.6 is 12.4 Å². The first-order valence-corrected chi connectivity index (χ1v) is 4.21. The minimum atomic E-state index is -2.97. The van der Waals surface area contributed by atoms with Crippen LogP contribution < -0.4 is 5.73 Å². The standard InChI is InChI=1S/C8H11F2N3O.ClH/c1-5(12)7(14)13-4-8(9,10)2-6(13)3-11;/h5-6H,2,4,12H2,1H3;1H/t5-,6-;/m0./s1. The molecular weight excluding hydrogens is 228 g/mol. The molecular formula is C8H12ClF2N3O. The summed E-state index contributed by atoms with van der Waals surface area (Å²) in [5.41, 5.74) is 5.28. The lowest BCUT2D eigenvalue weighted by Gasteiger charge is -2.20. The molecule has 0 aromatic heterocycles. The van der Waals surface area contributed by atoms with Crippen molar-refractivity contribution in [3.63, 3.8) is 0 Å². The van der Waals surface area contributed by atoms with Gasteiger partial charge in [-0.2, -0.15) is 5.26 Å². The van der Waals surface area contributed by atoms with Gasteiger partial charge in [0.05, 0.1) is 18.7 Å². The summed E-state index contributed by atoms with van der Waals surface area (Å²) in [4.78, 5) is 12.2. The van der Waals surface area contributed by atoms with Gasteiger partial charge >= 0.3 is 0 Å². The molecule has 1 amide bonds. The Hall–Kier alpha value is -0.930. The van der Waals surface area contributed by atoms with E-state index in [0.717, 1.165) is 4.90 Å². The van der Waals surface area contributed by atoms with Crippen molar-refractivity contribution < 1.29 is 13.6 Å². The van der Waals surface area contributed by atoms with Gasteiger partial charge in [-0.1, -0.05) is 0 Å². The van der Waals surface area contributed by atoms with E-state index < -0.39 is 36.9 Å². The SMILES string of the molecule is C[C@H](N)C(=O)N1CC(F)(F)C[C@H]1C#N.Cl. The molecule has 15 heavy (non-hydrogen) atoms. The van der Waals surface area contributed by atoms with Gasteiger partial charge in [-0.25, -0.2) is 8.78 Å². The molecule has 1 aliphatic heterocycles. The molecule has 0 aromatic carbocycles. The predicted molar refractivity (Wildman–Crippen MR) is 51.6 cm³/mol. The molecule has 0 unspecified atom stereocenters. The largest absolute Gasteiger partial charge is 0.320 e. The minimum Gasteiger partial charge on any atom is -0.320 e. The van der Waals surface area contributed by atoms with E-state index in [-0.39, 0.29) is 12.4 Å². The van der Waals surface area contributed by atoms with E-state index in [1.165, 1.54) is 6.92 Å². The third kappa shape index (κ3) is 3.01. The summed E-state index contributed by atoms with van der Waals surface area (Å²) in [6.07, 6.45) is -0.595. The van der Waals surface area contributed by atoms with Gasteiger partial charge in [0, 0.05) is 6.42 Å². The molecule has 7 heteroatoms. The molecule has 0 bridgehead atoms. The highest BCUT2D eigenvalue weighted by Crippen LogP contribution is 2.31. The van der Waals surface area contributed by atoms with Crippen LogP contribution in [0.3, 0.4) is 0 Å². The first-order valence-electron chi connectivity index (χ1n) is 4.21. The molecule has 0 aromatic rings. The molecule has 1 aliphatic rings. The van der Waals surface area contributed by atoms with Crippen molar-refractivity contribution in [3.8, 4) is 6.07 Å². The number of likely N-dealkylation sites (tertiary alicyclic amines) is 1. The lowest BCUT2D eigenvalue weighted by atomic mass is 10.2. The number of halogens is 3. The third-order valence-electron chi connectivity index (χ3n) is 2.09. The number of nitriles is 1. The summed E-state index contributed by atoms with van der Waals surface area (Å²) in [7, 11) is 0. The molecule has 4 nitrogen and oxygen atoms in total. The Balaban J connectivity index is 0.00000196. The van der Waals surface area contributed by atoms with Gasteiger partial charge in [0.15, 0.2) is 0 Å². The molecule has 0 radical (unpaired) electrons. The first-order chi connectivity index (χ1) is 6.37. The van der Waals surface area contributed by atoms with Gasteiger partial charge in [-0.05, 0) is 6.92 Å². The second kappa shape index (κ2) is 4.73. The first kappa shape index (κ1) is 14.1. The number of nitrogens with zero attached hydrogens (tertiary/aromatic N) is 2. The average Bonchev–Trinajstić information content (AvgIpc) is 2.39. The van der Waals surface area contributed by atoms with Crippen LogP contribution in [0.2, 0.25) is 0 Å². The molecule has 2 N–H and O–H groups in total. The van der Waals surface area contributed by atoms with Crippen molar-refractivity contribution >= 4 is 18.3 Å². The van der Waals surface area contributed by atoms with Gasteiger partial charge in [-0.15, -0.1) is 12.4 Å². The second-order valence-corrected chi connectivity index (χ2v) is 3.46. The number of hydrogen-bond acceptors (Lipinski definition) is 3. The molecule has 1 saturated heterocycles. The van der Waals surface area contributed by atoms with E-state index in [0.29, 0.717) is 0 Å². The van der Waals surface area contributed by atoms with E-state index in [2.05, 4.69) is 0 Å². The highest BCUT2D eigenvalue weighted by Gasteiger charge is 2.47. The van der Waals surface area contributed by atoms with Crippen molar-refractivity contribution in [1.82, 2.24) is 4.90 Å². The number of rotatable bonds is 1. The van der Waals surface area contributed by atoms with E-state index in [1.807, 2.05) is 0 Å². The van der Waals surface area contributed by atoms with Crippen LogP contribution in [0.25, 0.3) is 0 Å². The van der Waals surface area contributed by atoms with Crippen molar-refractivity contribution in [2.45, 2.75) is 31.4 Å². The number of amides is 1. The van der Waals surface area contributed by atoms with Gasteiger partial charge < -0.3 is 10.6 Å². The number of carbonyl (C=O) groups excluding carboxylic acids is 1.